The van der Waals surface area contributed by atoms with Gasteiger partial charge in [-0.1, -0.05) is 26.0 Å². The number of carbonyl (C=O) groups is 2. The summed E-state index contributed by atoms with van der Waals surface area (Å²) in [6, 6.07) is 11.4. The Balaban J connectivity index is 1.37. The lowest BCUT2D eigenvalue weighted by molar-refractivity contribution is 0.0554. The summed E-state index contributed by atoms with van der Waals surface area (Å²) < 4.78 is 5.32. The number of amides is 3. The largest absolute Gasteiger partial charge is 0.459 e. The van der Waals surface area contributed by atoms with Crippen molar-refractivity contribution < 1.29 is 14.0 Å². The molecule has 0 atom stereocenters. The second-order valence-corrected chi connectivity index (χ2v) is 9.38. The van der Waals surface area contributed by atoms with Gasteiger partial charge in [0.2, 0.25) is 0 Å². The first-order chi connectivity index (χ1) is 14.0. The molecule has 7 heteroatoms. The summed E-state index contributed by atoms with van der Waals surface area (Å²) in [7, 11) is 0. The number of rotatable bonds is 3. The highest BCUT2D eigenvalue weighted by Gasteiger charge is 2.47. The van der Waals surface area contributed by atoms with E-state index in [9.17, 15) is 9.59 Å². The molecule has 2 saturated heterocycles. The molecule has 4 rings (SSSR count). The third kappa shape index (κ3) is 4.01. The Morgan fingerprint density at radius 2 is 1.83 bits per heavy atom. The Morgan fingerprint density at radius 3 is 2.45 bits per heavy atom. The van der Waals surface area contributed by atoms with Crippen molar-refractivity contribution in [3.05, 3.63) is 54.0 Å². The lowest BCUT2D eigenvalue weighted by Gasteiger charge is -2.43. The van der Waals surface area contributed by atoms with Gasteiger partial charge >= 0.3 is 6.03 Å². The van der Waals surface area contributed by atoms with Gasteiger partial charge in [0.1, 0.15) is 0 Å². The number of hydrogen-bond acceptors (Lipinski definition) is 4. The van der Waals surface area contributed by atoms with Crippen LogP contribution in [0.15, 0.2) is 47.1 Å². The van der Waals surface area contributed by atoms with Crippen LogP contribution in [0.4, 0.5) is 10.5 Å². The molecule has 2 aliphatic rings. The quantitative estimate of drug-likeness (QED) is 0.798. The van der Waals surface area contributed by atoms with Crippen molar-refractivity contribution in [3.63, 3.8) is 0 Å². The number of furan rings is 1. The summed E-state index contributed by atoms with van der Waals surface area (Å²) in [5.41, 5.74) is 2.06. The fourth-order valence-corrected chi connectivity index (χ4v) is 5.51. The molecular weight excluding hydrogens is 386 g/mol. The van der Waals surface area contributed by atoms with Gasteiger partial charge in [0.05, 0.1) is 11.1 Å². The molecule has 0 saturated carbocycles. The fraction of sp³-hybridized carbons (Fsp3) is 0.455. The second kappa shape index (κ2) is 8.14. The van der Waals surface area contributed by atoms with Gasteiger partial charge in [0, 0.05) is 31.1 Å². The molecule has 1 N–H and O–H groups in total. The second-order valence-electron chi connectivity index (χ2n) is 7.92. The average molecular weight is 414 g/mol. The minimum atomic E-state index is -0.237. The number of anilines is 1. The van der Waals surface area contributed by atoms with Crippen LogP contribution in [-0.4, -0.2) is 52.0 Å². The van der Waals surface area contributed by atoms with Gasteiger partial charge in [0.15, 0.2) is 5.76 Å². The van der Waals surface area contributed by atoms with E-state index in [1.807, 2.05) is 33.7 Å². The van der Waals surface area contributed by atoms with Crippen molar-refractivity contribution in [2.45, 2.75) is 37.5 Å². The minimum Gasteiger partial charge on any atom is -0.459 e. The van der Waals surface area contributed by atoms with Crippen LogP contribution < -0.4 is 5.32 Å². The summed E-state index contributed by atoms with van der Waals surface area (Å²) in [5, 5.41) is 3.00. The monoisotopic (exact) mass is 413 g/mol. The maximum absolute atomic E-state index is 12.8. The van der Waals surface area contributed by atoms with Crippen LogP contribution in [0.25, 0.3) is 0 Å². The summed E-state index contributed by atoms with van der Waals surface area (Å²) in [4.78, 5) is 29.1. The van der Waals surface area contributed by atoms with Crippen LogP contribution in [0.3, 0.4) is 0 Å². The SMILES string of the molecule is CC(C)c1ccc(NC(=O)N2CCC3(CC2)SCCN3C(=O)c2ccco2)cc1. The van der Waals surface area contributed by atoms with E-state index < -0.39 is 0 Å². The molecule has 3 amide bonds. The third-order valence-electron chi connectivity index (χ3n) is 5.82. The van der Waals surface area contributed by atoms with Crippen LogP contribution in [0.2, 0.25) is 0 Å². The molecule has 2 fully saturated rings. The highest BCUT2D eigenvalue weighted by atomic mass is 32.2. The first-order valence-electron chi connectivity index (χ1n) is 10.1. The molecule has 1 spiro atoms. The van der Waals surface area contributed by atoms with Crippen molar-refractivity contribution in [1.82, 2.24) is 9.80 Å². The van der Waals surface area contributed by atoms with Gasteiger partial charge in [-0.25, -0.2) is 4.79 Å². The van der Waals surface area contributed by atoms with Crippen molar-refractivity contribution in [2.75, 3.05) is 30.7 Å². The predicted molar refractivity (Wildman–Crippen MR) is 115 cm³/mol. The van der Waals surface area contributed by atoms with Gasteiger partial charge in [-0.05, 0) is 48.6 Å². The Hall–Kier alpha value is -2.41. The van der Waals surface area contributed by atoms with Gasteiger partial charge in [0.25, 0.3) is 5.91 Å². The molecule has 0 unspecified atom stereocenters. The summed E-state index contributed by atoms with van der Waals surface area (Å²) in [6.45, 7) is 6.28. The van der Waals surface area contributed by atoms with E-state index in [0.29, 0.717) is 24.8 Å². The Morgan fingerprint density at radius 1 is 1.10 bits per heavy atom. The van der Waals surface area contributed by atoms with E-state index in [1.54, 1.807) is 12.1 Å². The lowest BCUT2D eigenvalue weighted by atomic mass is 10.0. The molecule has 1 aromatic carbocycles. The average Bonchev–Trinajstić information content (AvgIpc) is 3.39. The molecule has 29 heavy (non-hydrogen) atoms. The zero-order valence-corrected chi connectivity index (χ0v) is 17.7. The lowest BCUT2D eigenvalue weighted by Crippen LogP contribution is -2.54. The fourth-order valence-electron chi connectivity index (χ4n) is 4.06. The Kier molecular flexibility index (Phi) is 5.58. The number of thioether (sulfide) groups is 1. The van der Waals surface area contributed by atoms with Gasteiger partial charge in [-0.3, -0.25) is 4.79 Å². The van der Waals surface area contributed by atoms with Gasteiger partial charge in [-0.15, -0.1) is 11.8 Å². The summed E-state index contributed by atoms with van der Waals surface area (Å²) in [6.07, 6.45) is 3.07. The van der Waals surface area contributed by atoms with Gasteiger partial charge < -0.3 is 19.5 Å². The number of urea groups is 1. The van der Waals surface area contributed by atoms with Crippen LogP contribution in [-0.2, 0) is 0 Å². The molecule has 6 nitrogen and oxygen atoms in total. The van der Waals surface area contributed by atoms with Crippen LogP contribution in [0.5, 0.6) is 0 Å². The number of nitrogens with one attached hydrogen (secondary N) is 1. The van der Waals surface area contributed by atoms with Gasteiger partial charge in [-0.2, -0.15) is 0 Å². The summed E-state index contributed by atoms with van der Waals surface area (Å²) >= 11 is 1.83. The van der Waals surface area contributed by atoms with Crippen LogP contribution in [0, 0.1) is 0 Å². The highest BCUT2D eigenvalue weighted by Crippen LogP contribution is 2.44. The molecular formula is C22H27N3O3S. The smallest absolute Gasteiger partial charge is 0.321 e. The standard InChI is InChI=1S/C22H27N3O3S/c1-16(2)17-5-7-18(8-6-17)23-21(27)24-11-9-22(10-12-24)25(13-15-29-22)20(26)19-4-3-14-28-19/h3-8,14,16H,9-13,15H2,1-2H3,(H,23,27). The van der Waals surface area contributed by atoms with Crippen molar-refractivity contribution >= 4 is 29.4 Å². The number of carbonyl (C=O) groups excluding carboxylic acids is 2. The van der Waals surface area contributed by atoms with E-state index in [2.05, 4.69) is 31.3 Å². The van der Waals surface area contributed by atoms with Crippen molar-refractivity contribution in [2.24, 2.45) is 0 Å². The van der Waals surface area contributed by atoms with Crippen molar-refractivity contribution in [3.8, 4) is 0 Å². The van der Waals surface area contributed by atoms with Crippen LogP contribution >= 0.6 is 11.8 Å². The Labute approximate surface area is 175 Å². The predicted octanol–water partition coefficient (Wildman–Crippen LogP) is 4.62. The topological polar surface area (TPSA) is 65.8 Å². The van der Waals surface area contributed by atoms with Crippen LogP contribution in [0.1, 0.15) is 48.7 Å². The van der Waals surface area contributed by atoms with E-state index in [-0.39, 0.29) is 16.8 Å². The van der Waals surface area contributed by atoms with E-state index >= 15 is 0 Å². The normalized spacial score (nSPS) is 18.4. The maximum atomic E-state index is 12.8. The number of likely N-dealkylation sites (tertiary alicyclic amines) is 1. The maximum Gasteiger partial charge on any atom is 0.321 e. The van der Waals surface area contributed by atoms with Crippen molar-refractivity contribution in [1.29, 1.82) is 0 Å². The number of benzene rings is 1. The number of nitrogens with zero attached hydrogens (tertiary/aromatic N) is 2. The van der Waals surface area contributed by atoms with E-state index in [1.165, 1.54) is 11.8 Å². The molecule has 0 radical (unpaired) electrons. The van der Waals surface area contributed by atoms with E-state index in [4.69, 9.17) is 4.42 Å². The molecule has 3 heterocycles. The molecule has 0 aliphatic carbocycles. The highest BCUT2D eigenvalue weighted by molar-refractivity contribution is 8.00. The number of piperidine rings is 1. The molecule has 154 valence electrons. The third-order valence-corrected chi connectivity index (χ3v) is 7.37. The molecule has 2 aromatic rings. The first-order valence-corrected chi connectivity index (χ1v) is 11.1. The first kappa shape index (κ1) is 19.9. The molecule has 0 bridgehead atoms. The number of hydrogen-bond donors (Lipinski definition) is 1. The molecule has 1 aromatic heterocycles. The zero-order chi connectivity index (χ0) is 20.4. The minimum absolute atomic E-state index is 0.0526. The zero-order valence-electron chi connectivity index (χ0n) is 16.9. The van der Waals surface area contributed by atoms with E-state index in [0.717, 1.165) is 30.8 Å². The summed E-state index contributed by atoms with van der Waals surface area (Å²) in [5.74, 6) is 1.72. The Bertz CT molecular complexity index is 856. The molecule has 2 aliphatic heterocycles.